The lowest BCUT2D eigenvalue weighted by Crippen LogP contribution is -2.51. The van der Waals surface area contributed by atoms with Gasteiger partial charge >= 0.3 is 0 Å². The number of rotatable bonds is 5. The van der Waals surface area contributed by atoms with Crippen LogP contribution in [0.4, 0.5) is 5.69 Å². The van der Waals surface area contributed by atoms with Crippen molar-refractivity contribution in [2.45, 2.75) is 47.1 Å². The van der Waals surface area contributed by atoms with Crippen molar-refractivity contribution in [1.82, 2.24) is 10.2 Å². The molecule has 1 saturated heterocycles. The number of anilines is 1. The van der Waals surface area contributed by atoms with Gasteiger partial charge in [0.15, 0.2) is 0 Å². The van der Waals surface area contributed by atoms with Crippen LogP contribution in [0.5, 0.6) is 0 Å². The Hall–Kier alpha value is -1.88. The number of nitrogens with zero attached hydrogens (tertiary/aromatic N) is 1. The Morgan fingerprint density at radius 3 is 2.28 bits per heavy atom. The van der Waals surface area contributed by atoms with E-state index in [0.29, 0.717) is 11.8 Å². The van der Waals surface area contributed by atoms with Crippen LogP contribution in [0.15, 0.2) is 18.2 Å². The largest absolute Gasteiger partial charge is 0.346 e. The third kappa shape index (κ3) is 5.30. The number of carbonyl (C=O) groups is 2. The van der Waals surface area contributed by atoms with E-state index in [-0.39, 0.29) is 24.4 Å². The number of carbonyl (C=O) groups excluding carboxylic acids is 2. The van der Waals surface area contributed by atoms with Gasteiger partial charge in [0.05, 0.1) is 12.6 Å². The summed E-state index contributed by atoms with van der Waals surface area (Å²) in [6, 6.07) is 5.67. The molecule has 2 amide bonds. The topological polar surface area (TPSA) is 61.4 Å². The van der Waals surface area contributed by atoms with Gasteiger partial charge in [0.2, 0.25) is 11.8 Å². The molecule has 1 fully saturated rings. The highest BCUT2D eigenvalue weighted by Gasteiger charge is 2.28. The number of aryl methyl sites for hydroxylation is 2. The molecule has 5 heteroatoms. The highest BCUT2D eigenvalue weighted by Crippen LogP contribution is 2.22. The third-order valence-corrected chi connectivity index (χ3v) is 4.99. The Kier molecular flexibility index (Phi) is 6.59. The summed E-state index contributed by atoms with van der Waals surface area (Å²) >= 11 is 0. The van der Waals surface area contributed by atoms with Gasteiger partial charge in [-0.15, -0.1) is 0 Å². The summed E-state index contributed by atoms with van der Waals surface area (Å²) in [4.78, 5) is 26.8. The molecule has 25 heavy (non-hydrogen) atoms. The van der Waals surface area contributed by atoms with Crippen molar-refractivity contribution in [3.63, 3.8) is 0 Å². The molecule has 0 radical (unpaired) electrons. The zero-order chi connectivity index (χ0) is 18.6. The Bertz CT molecular complexity index is 599. The van der Waals surface area contributed by atoms with E-state index in [1.807, 2.05) is 39.0 Å². The zero-order valence-corrected chi connectivity index (χ0v) is 16.1. The first-order valence-electron chi connectivity index (χ1n) is 9.15. The van der Waals surface area contributed by atoms with Gasteiger partial charge in [-0.1, -0.05) is 32.0 Å². The van der Waals surface area contributed by atoms with Crippen LogP contribution in [0, 0.1) is 25.7 Å². The van der Waals surface area contributed by atoms with Crippen molar-refractivity contribution >= 4 is 17.5 Å². The lowest BCUT2D eigenvalue weighted by atomic mass is 9.91. The fourth-order valence-electron chi connectivity index (χ4n) is 3.70. The first-order chi connectivity index (χ1) is 11.8. The van der Waals surface area contributed by atoms with Crippen molar-refractivity contribution in [2.24, 2.45) is 11.8 Å². The number of piperidine rings is 1. The lowest BCUT2D eigenvalue weighted by Gasteiger charge is -2.38. The number of amides is 2. The Morgan fingerprint density at radius 1 is 1.16 bits per heavy atom. The predicted molar refractivity (Wildman–Crippen MR) is 102 cm³/mol. The van der Waals surface area contributed by atoms with Gasteiger partial charge in [-0.25, -0.2) is 0 Å². The SMILES string of the molecule is Cc1cccc(C)c1NC(=O)CNC(=O)C(C)N1CC(C)CC(C)C1. The molecule has 1 aliphatic heterocycles. The molecule has 1 aromatic rings. The Morgan fingerprint density at radius 2 is 1.72 bits per heavy atom. The van der Waals surface area contributed by atoms with Gasteiger partial charge in [0.25, 0.3) is 0 Å². The molecule has 0 aliphatic carbocycles. The molecule has 0 bridgehead atoms. The van der Waals surface area contributed by atoms with Gasteiger partial charge in [-0.2, -0.15) is 0 Å². The summed E-state index contributed by atoms with van der Waals surface area (Å²) in [7, 11) is 0. The molecule has 1 aromatic carbocycles. The molecule has 2 rings (SSSR count). The molecule has 2 N–H and O–H groups in total. The normalized spacial score (nSPS) is 22.3. The number of benzene rings is 1. The van der Waals surface area contributed by atoms with Crippen molar-refractivity contribution < 1.29 is 9.59 Å². The van der Waals surface area contributed by atoms with Crippen LogP contribution in [0.1, 0.15) is 38.3 Å². The van der Waals surface area contributed by atoms with Crippen LogP contribution >= 0.6 is 0 Å². The van der Waals surface area contributed by atoms with Crippen LogP contribution in [-0.2, 0) is 9.59 Å². The third-order valence-electron chi connectivity index (χ3n) is 4.99. The van der Waals surface area contributed by atoms with E-state index in [9.17, 15) is 9.59 Å². The van der Waals surface area contributed by atoms with Crippen molar-refractivity contribution in [3.8, 4) is 0 Å². The molecule has 0 saturated carbocycles. The van der Waals surface area contributed by atoms with E-state index in [1.54, 1.807) is 0 Å². The number of likely N-dealkylation sites (tertiary alicyclic amines) is 1. The van der Waals surface area contributed by atoms with Crippen LogP contribution < -0.4 is 10.6 Å². The minimum atomic E-state index is -0.210. The predicted octanol–water partition coefficient (Wildman–Crippen LogP) is 2.72. The molecule has 1 heterocycles. The van der Waals surface area contributed by atoms with Gasteiger partial charge in [-0.3, -0.25) is 14.5 Å². The number of hydrogen-bond donors (Lipinski definition) is 2. The maximum atomic E-state index is 12.4. The Labute approximate surface area is 151 Å². The summed E-state index contributed by atoms with van der Waals surface area (Å²) in [5.74, 6) is 0.925. The quantitative estimate of drug-likeness (QED) is 0.862. The van der Waals surface area contributed by atoms with E-state index in [2.05, 4.69) is 29.4 Å². The minimum absolute atomic E-state index is 0.00407. The monoisotopic (exact) mass is 345 g/mol. The summed E-state index contributed by atoms with van der Waals surface area (Å²) in [6.07, 6.45) is 1.21. The first-order valence-corrected chi connectivity index (χ1v) is 9.15. The first kappa shape index (κ1) is 19.4. The molecular weight excluding hydrogens is 314 g/mol. The molecule has 0 spiro atoms. The molecule has 3 atom stereocenters. The molecule has 0 aromatic heterocycles. The number of hydrogen-bond acceptors (Lipinski definition) is 3. The maximum Gasteiger partial charge on any atom is 0.243 e. The van der Waals surface area contributed by atoms with Crippen LogP contribution in [0.3, 0.4) is 0 Å². The van der Waals surface area contributed by atoms with E-state index >= 15 is 0 Å². The summed E-state index contributed by atoms with van der Waals surface area (Å²) in [5.41, 5.74) is 2.86. The second kappa shape index (κ2) is 8.48. The van der Waals surface area contributed by atoms with Gasteiger partial charge < -0.3 is 10.6 Å². The van der Waals surface area contributed by atoms with Crippen LogP contribution in [0.2, 0.25) is 0 Å². The Balaban J connectivity index is 1.85. The van der Waals surface area contributed by atoms with Crippen molar-refractivity contribution in [2.75, 3.05) is 25.0 Å². The average Bonchev–Trinajstić information content (AvgIpc) is 2.54. The van der Waals surface area contributed by atoms with E-state index in [4.69, 9.17) is 0 Å². The second-order valence-corrected chi connectivity index (χ2v) is 7.61. The number of para-hydroxylation sites is 1. The highest BCUT2D eigenvalue weighted by molar-refractivity contribution is 5.96. The van der Waals surface area contributed by atoms with Crippen molar-refractivity contribution in [1.29, 1.82) is 0 Å². The number of nitrogens with one attached hydrogen (secondary N) is 2. The summed E-state index contributed by atoms with van der Waals surface area (Å²) < 4.78 is 0. The lowest BCUT2D eigenvalue weighted by molar-refractivity contribution is -0.128. The molecule has 1 aliphatic rings. The van der Waals surface area contributed by atoms with Gasteiger partial charge in [0, 0.05) is 18.8 Å². The fraction of sp³-hybridized carbons (Fsp3) is 0.600. The zero-order valence-electron chi connectivity index (χ0n) is 16.1. The minimum Gasteiger partial charge on any atom is -0.346 e. The van der Waals surface area contributed by atoms with Gasteiger partial charge in [-0.05, 0) is 50.2 Å². The second-order valence-electron chi connectivity index (χ2n) is 7.61. The molecular formula is C20H31N3O2. The highest BCUT2D eigenvalue weighted by atomic mass is 16.2. The van der Waals surface area contributed by atoms with Gasteiger partial charge in [0.1, 0.15) is 0 Å². The average molecular weight is 345 g/mol. The van der Waals surface area contributed by atoms with Crippen LogP contribution in [0.25, 0.3) is 0 Å². The van der Waals surface area contributed by atoms with Crippen molar-refractivity contribution in [3.05, 3.63) is 29.3 Å². The molecule has 5 nitrogen and oxygen atoms in total. The maximum absolute atomic E-state index is 12.4. The summed E-state index contributed by atoms with van der Waals surface area (Å²) in [5, 5.41) is 5.67. The molecule has 138 valence electrons. The van der Waals surface area contributed by atoms with E-state index in [1.165, 1.54) is 6.42 Å². The van der Waals surface area contributed by atoms with E-state index < -0.39 is 0 Å². The standard InChI is InChI=1S/C20H31N3O2/c1-13-9-14(2)12-23(11-13)17(5)20(25)21-10-18(24)22-19-15(3)7-6-8-16(19)4/h6-8,13-14,17H,9-12H2,1-5H3,(H,21,25)(H,22,24). The summed E-state index contributed by atoms with van der Waals surface area (Å²) in [6.45, 7) is 12.2. The van der Waals surface area contributed by atoms with Crippen LogP contribution in [-0.4, -0.2) is 42.4 Å². The fourth-order valence-corrected chi connectivity index (χ4v) is 3.70. The smallest absolute Gasteiger partial charge is 0.243 e. The van der Waals surface area contributed by atoms with E-state index in [0.717, 1.165) is 29.9 Å². The molecule has 3 unspecified atom stereocenters.